The summed E-state index contributed by atoms with van der Waals surface area (Å²) >= 11 is 0. The van der Waals surface area contributed by atoms with Gasteiger partial charge in [-0.1, -0.05) is 39.5 Å². The Kier molecular flexibility index (Phi) is 4.66. The molecule has 0 spiro atoms. The number of rotatable bonds is 4. The van der Waals surface area contributed by atoms with Gasteiger partial charge in [-0.15, -0.1) is 0 Å². The summed E-state index contributed by atoms with van der Waals surface area (Å²) in [6.07, 6.45) is 8.62. The molecule has 2 rings (SSSR count). The lowest BCUT2D eigenvalue weighted by atomic mass is 9.84. The SMILES string of the molecule is CCCCC1NC(C)N(C2CCCCC2C)C1=O. The van der Waals surface area contributed by atoms with E-state index in [1.807, 2.05) is 0 Å². The molecule has 1 amide bonds. The topological polar surface area (TPSA) is 32.3 Å². The highest BCUT2D eigenvalue weighted by atomic mass is 16.2. The van der Waals surface area contributed by atoms with Crippen LogP contribution in [0.3, 0.4) is 0 Å². The first-order valence-electron chi connectivity index (χ1n) is 7.73. The van der Waals surface area contributed by atoms with Gasteiger partial charge in [-0.3, -0.25) is 10.1 Å². The van der Waals surface area contributed by atoms with Crippen molar-refractivity contribution in [2.75, 3.05) is 0 Å². The predicted octanol–water partition coefficient (Wildman–Crippen LogP) is 2.90. The summed E-state index contributed by atoms with van der Waals surface area (Å²) in [5.41, 5.74) is 0. The molecule has 4 unspecified atom stereocenters. The quantitative estimate of drug-likeness (QED) is 0.834. The van der Waals surface area contributed by atoms with E-state index in [4.69, 9.17) is 0 Å². The minimum Gasteiger partial charge on any atom is -0.323 e. The molecule has 3 heteroatoms. The molecular formula is C15H28N2O. The van der Waals surface area contributed by atoms with Crippen molar-refractivity contribution in [1.29, 1.82) is 0 Å². The number of amides is 1. The third-order valence-corrected chi connectivity index (χ3v) is 4.68. The molecule has 1 aliphatic carbocycles. The first kappa shape index (κ1) is 13.9. The third kappa shape index (κ3) is 2.71. The van der Waals surface area contributed by atoms with Crippen LogP contribution in [0.1, 0.15) is 65.7 Å². The lowest BCUT2D eigenvalue weighted by Gasteiger charge is -2.38. The Bertz CT molecular complexity index is 292. The lowest BCUT2D eigenvalue weighted by molar-refractivity contribution is -0.133. The number of hydrogen-bond acceptors (Lipinski definition) is 2. The summed E-state index contributed by atoms with van der Waals surface area (Å²) in [7, 11) is 0. The van der Waals surface area contributed by atoms with Crippen LogP contribution in [0, 0.1) is 5.92 Å². The van der Waals surface area contributed by atoms with Crippen molar-refractivity contribution in [2.45, 2.75) is 84.0 Å². The molecule has 104 valence electrons. The molecule has 1 aliphatic heterocycles. The molecule has 2 fully saturated rings. The summed E-state index contributed by atoms with van der Waals surface area (Å²) in [4.78, 5) is 14.7. The van der Waals surface area contributed by atoms with E-state index in [-0.39, 0.29) is 12.2 Å². The molecule has 2 aliphatic rings. The zero-order valence-electron chi connectivity index (χ0n) is 12.1. The Morgan fingerprint density at radius 2 is 2.00 bits per heavy atom. The van der Waals surface area contributed by atoms with Gasteiger partial charge in [-0.05, 0) is 32.1 Å². The molecule has 0 aromatic heterocycles. The monoisotopic (exact) mass is 252 g/mol. The van der Waals surface area contributed by atoms with Crippen LogP contribution in [0.15, 0.2) is 0 Å². The Morgan fingerprint density at radius 3 is 2.67 bits per heavy atom. The standard InChI is InChI=1S/C15H28N2O/c1-4-5-9-13-15(18)17(12(3)16-13)14-10-7-6-8-11(14)2/h11-14,16H,4-10H2,1-3H3. The predicted molar refractivity (Wildman–Crippen MR) is 74.2 cm³/mol. The van der Waals surface area contributed by atoms with Crippen LogP contribution in [0.2, 0.25) is 0 Å². The second-order valence-electron chi connectivity index (χ2n) is 6.11. The summed E-state index contributed by atoms with van der Waals surface area (Å²) in [6.45, 7) is 6.64. The molecule has 0 radical (unpaired) electrons. The van der Waals surface area contributed by atoms with Crippen LogP contribution in [0.5, 0.6) is 0 Å². The average Bonchev–Trinajstić information content (AvgIpc) is 2.63. The van der Waals surface area contributed by atoms with E-state index >= 15 is 0 Å². The number of carbonyl (C=O) groups is 1. The molecule has 1 heterocycles. The average molecular weight is 252 g/mol. The van der Waals surface area contributed by atoms with Gasteiger partial charge >= 0.3 is 0 Å². The molecule has 18 heavy (non-hydrogen) atoms. The fraction of sp³-hybridized carbons (Fsp3) is 0.933. The van der Waals surface area contributed by atoms with Crippen molar-refractivity contribution in [2.24, 2.45) is 5.92 Å². The van der Waals surface area contributed by atoms with Crippen LogP contribution < -0.4 is 5.32 Å². The normalized spacial score (nSPS) is 37.3. The van der Waals surface area contributed by atoms with Crippen molar-refractivity contribution in [1.82, 2.24) is 10.2 Å². The van der Waals surface area contributed by atoms with E-state index in [0.717, 1.165) is 12.8 Å². The van der Waals surface area contributed by atoms with Gasteiger partial charge in [0.2, 0.25) is 5.91 Å². The summed E-state index contributed by atoms with van der Waals surface area (Å²) in [6, 6.07) is 0.550. The van der Waals surface area contributed by atoms with Gasteiger partial charge in [0.15, 0.2) is 0 Å². The molecule has 1 saturated carbocycles. The second kappa shape index (κ2) is 6.05. The minimum atomic E-state index is 0.0778. The largest absolute Gasteiger partial charge is 0.323 e. The summed E-state index contributed by atoms with van der Waals surface area (Å²) in [5.74, 6) is 1.02. The minimum absolute atomic E-state index is 0.0778. The van der Waals surface area contributed by atoms with Crippen LogP contribution in [-0.4, -0.2) is 29.1 Å². The van der Waals surface area contributed by atoms with Gasteiger partial charge < -0.3 is 4.90 Å². The van der Waals surface area contributed by atoms with E-state index in [1.165, 1.54) is 32.1 Å². The number of hydrogen-bond donors (Lipinski definition) is 1. The van der Waals surface area contributed by atoms with Crippen LogP contribution in [0.25, 0.3) is 0 Å². The fourth-order valence-corrected chi connectivity index (χ4v) is 3.59. The van der Waals surface area contributed by atoms with E-state index in [0.29, 0.717) is 17.9 Å². The van der Waals surface area contributed by atoms with Gasteiger partial charge in [0.25, 0.3) is 0 Å². The number of nitrogens with one attached hydrogen (secondary N) is 1. The van der Waals surface area contributed by atoms with Crippen molar-refractivity contribution in [3.05, 3.63) is 0 Å². The van der Waals surface area contributed by atoms with Crippen molar-refractivity contribution in [3.63, 3.8) is 0 Å². The van der Waals surface area contributed by atoms with Crippen LogP contribution >= 0.6 is 0 Å². The highest BCUT2D eigenvalue weighted by Gasteiger charge is 2.41. The molecule has 0 aromatic rings. The molecular weight excluding hydrogens is 224 g/mol. The maximum Gasteiger partial charge on any atom is 0.241 e. The Morgan fingerprint density at radius 1 is 1.28 bits per heavy atom. The molecule has 0 bridgehead atoms. The number of nitrogens with zero attached hydrogens (tertiary/aromatic N) is 1. The second-order valence-corrected chi connectivity index (χ2v) is 6.11. The van der Waals surface area contributed by atoms with Gasteiger partial charge in [-0.2, -0.15) is 0 Å². The van der Waals surface area contributed by atoms with Crippen molar-refractivity contribution < 1.29 is 4.79 Å². The first-order chi connectivity index (χ1) is 8.65. The number of unbranched alkanes of at least 4 members (excludes halogenated alkanes) is 1. The highest BCUT2D eigenvalue weighted by molar-refractivity contribution is 5.84. The van der Waals surface area contributed by atoms with Gasteiger partial charge in [0.1, 0.15) is 0 Å². The van der Waals surface area contributed by atoms with Crippen LogP contribution in [0.4, 0.5) is 0 Å². The summed E-state index contributed by atoms with van der Waals surface area (Å²) in [5, 5.41) is 3.48. The van der Waals surface area contributed by atoms with E-state index in [1.54, 1.807) is 0 Å². The van der Waals surface area contributed by atoms with Gasteiger partial charge in [0.05, 0.1) is 12.2 Å². The molecule has 0 aromatic carbocycles. The van der Waals surface area contributed by atoms with E-state index in [2.05, 4.69) is 31.0 Å². The number of carbonyl (C=O) groups excluding carboxylic acids is 1. The highest BCUT2D eigenvalue weighted by Crippen LogP contribution is 2.31. The Labute approximate surface area is 111 Å². The fourth-order valence-electron chi connectivity index (χ4n) is 3.59. The maximum atomic E-state index is 12.5. The van der Waals surface area contributed by atoms with Gasteiger partial charge in [-0.25, -0.2) is 0 Å². The molecule has 3 nitrogen and oxygen atoms in total. The van der Waals surface area contributed by atoms with Crippen molar-refractivity contribution >= 4 is 5.91 Å². The zero-order chi connectivity index (χ0) is 13.1. The smallest absolute Gasteiger partial charge is 0.241 e. The van der Waals surface area contributed by atoms with Gasteiger partial charge in [0, 0.05) is 6.04 Å². The van der Waals surface area contributed by atoms with Crippen LogP contribution in [-0.2, 0) is 4.79 Å². The Balaban J connectivity index is 2.01. The Hall–Kier alpha value is -0.570. The van der Waals surface area contributed by atoms with E-state index in [9.17, 15) is 4.79 Å². The molecule has 4 atom stereocenters. The first-order valence-corrected chi connectivity index (χ1v) is 7.73. The summed E-state index contributed by atoms with van der Waals surface area (Å²) < 4.78 is 0. The van der Waals surface area contributed by atoms with Crippen molar-refractivity contribution in [3.8, 4) is 0 Å². The lowest BCUT2D eigenvalue weighted by Crippen LogP contribution is -2.47. The zero-order valence-corrected chi connectivity index (χ0v) is 12.1. The third-order valence-electron chi connectivity index (χ3n) is 4.68. The maximum absolute atomic E-state index is 12.5. The molecule has 1 N–H and O–H groups in total. The van der Waals surface area contributed by atoms with E-state index < -0.39 is 0 Å². The molecule has 1 saturated heterocycles.